The summed E-state index contributed by atoms with van der Waals surface area (Å²) in [5.74, 6) is 0. The molecule has 18 heteroatoms. The fourth-order valence-electron chi connectivity index (χ4n) is 2.63. The highest BCUT2D eigenvalue weighted by Gasteiger charge is 2.16. The highest BCUT2D eigenvalue weighted by atomic mass is 16.6. The van der Waals surface area contributed by atoms with Crippen molar-refractivity contribution in [3.63, 3.8) is 0 Å². The third kappa shape index (κ3) is 10.2. The Hall–Kier alpha value is -3.90. The van der Waals surface area contributed by atoms with Crippen LogP contribution in [0, 0.1) is 0 Å². The number of hydrogen-bond acceptors (Lipinski definition) is 12. The van der Waals surface area contributed by atoms with Crippen molar-refractivity contribution in [2.45, 2.75) is 19.6 Å². The van der Waals surface area contributed by atoms with Crippen molar-refractivity contribution in [2.75, 3.05) is 59.3 Å². The number of ether oxygens (including phenoxy) is 3. The zero-order valence-corrected chi connectivity index (χ0v) is 19.3. The lowest BCUT2D eigenvalue weighted by molar-refractivity contribution is 0.118. The summed E-state index contributed by atoms with van der Waals surface area (Å²) in [4.78, 5) is 72.9. The molecule has 18 nitrogen and oxygen atoms in total. The van der Waals surface area contributed by atoms with E-state index in [-0.39, 0.29) is 59.1 Å². The molecule has 0 unspecified atom stereocenters. The van der Waals surface area contributed by atoms with Crippen LogP contribution in [0.4, 0.5) is 14.4 Å². The predicted octanol–water partition coefficient (Wildman–Crippen LogP) is -4.67. The van der Waals surface area contributed by atoms with Gasteiger partial charge in [-0.25, -0.2) is 42.5 Å². The third-order valence-electron chi connectivity index (χ3n) is 4.17. The van der Waals surface area contributed by atoms with Gasteiger partial charge >= 0.3 is 35.3 Å². The zero-order valence-electron chi connectivity index (χ0n) is 19.3. The van der Waals surface area contributed by atoms with Crippen LogP contribution >= 0.6 is 0 Å². The minimum atomic E-state index is -1.02. The van der Waals surface area contributed by atoms with Crippen molar-refractivity contribution in [1.29, 1.82) is 0 Å². The Balaban J connectivity index is 3.07. The fourth-order valence-corrected chi connectivity index (χ4v) is 2.63. The van der Waals surface area contributed by atoms with Crippen LogP contribution in [0.15, 0.2) is 14.4 Å². The average molecular weight is 522 g/mol. The van der Waals surface area contributed by atoms with Gasteiger partial charge in [0.1, 0.15) is 19.8 Å². The van der Waals surface area contributed by atoms with E-state index in [0.717, 1.165) is 0 Å². The number of carbonyl (C=O) groups excluding carboxylic acids is 3. The summed E-state index contributed by atoms with van der Waals surface area (Å²) in [5, 5.41) is 32.8. The normalized spacial score (nSPS) is 10.4. The number of carbonyl (C=O) groups is 3. The summed E-state index contributed by atoms with van der Waals surface area (Å²) in [6, 6.07) is 0. The maximum atomic E-state index is 12.8. The van der Waals surface area contributed by atoms with E-state index >= 15 is 0 Å². The first-order valence-corrected chi connectivity index (χ1v) is 10.8. The van der Waals surface area contributed by atoms with Crippen molar-refractivity contribution in [1.82, 2.24) is 29.7 Å². The number of aliphatic hydroxyl groups is 3. The first-order valence-electron chi connectivity index (χ1n) is 10.8. The monoisotopic (exact) mass is 522 g/mol. The van der Waals surface area contributed by atoms with E-state index in [1.807, 2.05) is 0 Å². The predicted molar refractivity (Wildman–Crippen MR) is 119 cm³/mol. The molecule has 6 N–H and O–H groups in total. The highest BCUT2D eigenvalue weighted by molar-refractivity contribution is 5.67. The molecule has 1 aromatic rings. The van der Waals surface area contributed by atoms with Crippen LogP contribution in [-0.4, -0.2) is 107 Å². The molecule has 1 rings (SSSR count). The molecule has 0 fully saturated rings. The topological polar surface area (TPSA) is 242 Å². The van der Waals surface area contributed by atoms with Gasteiger partial charge in [-0.05, 0) is 0 Å². The lowest BCUT2D eigenvalue weighted by Gasteiger charge is -2.15. The first-order chi connectivity index (χ1) is 17.3. The minimum Gasteiger partial charge on any atom is -0.447 e. The van der Waals surface area contributed by atoms with Crippen LogP contribution < -0.4 is 33.0 Å². The van der Waals surface area contributed by atoms with Gasteiger partial charge in [-0.1, -0.05) is 0 Å². The number of nitrogens with one attached hydrogen (secondary N) is 3. The molecular formula is C18H30N6O12. The Kier molecular flexibility index (Phi) is 14.0. The lowest BCUT2D eigenvalue weighted by atomic mass is 10.5. The quantitative estimate of drug-likeness (QED) is 0.119. The van der Waals surface area contributed by atoms with E-state index in [1.54, 1.807) is 0 Å². The number of rotatable bonds is 15. The molecular weight excluding hydrogens is 492 g/mol. The van der Waals surface area contributed by atoms with Crippen molar-refractivity contribution in [3.8, 4) is 0 Å². The van der Waals surface area contributed by atoms with Gasteiger partial charge in [0.05, 0.1) is 19.8 Å². The van der Waals surface area contributed by atoms with Crippen molar-refractivity contribution < 1.29 is 43.9 Å². The molecule has 0 aliphatic carbocycles. The zero-order chi connectivity index (χ0) is 26.9. The second-order valence-electron chi connectivity index (χ2n) is 6.66. The van der Waals surface area contributed by atoms with E-state index in [1.165, 1.54) is 0 Å². The summed E-state index contributed by atoms with van der Waals surface area (Å²) in [7, 11) is 0. The number of aliphatic hydroxyl groups excluding tert-OH is 3. The molecule has 1 aromatic heterocycles. The van der Waals surface area contributed by atoms with Gasteiger partial charge in [0.15, 0.2) is 0 Å². The van der Waals surface area contributed by atoms with Crippen LogP contribution in [0.2, 0.25) is 0 Å². The number of alkyl carbamates (subject to hydrolysis) is 3. The van der Waals surface area contributed by atoms with Gasteiger partial charge in [0, 0.05) is 39.3 Å². The Morgan fingerprint density at radius 2 is 0.806 bits per heavy atom. The molecule has 0 bridgehead atoms. The van der Waals surface area contributed by atoms with Gasteiger partial charge < -0.3 is 45.5 Å². The molecule has 36 heavy (non-hydrogen) atoms. The third-order valence-corrected chi connectivity index (χ3v) is 4.17. The summed E-state index contributed by atoms with van der Waals surface area (Å²) < 4.78 is 15.8. The molecule has 0 saturated carbocycles. The average Bonchev–Trinajstić information content (AvgIpc) is 2.86. The summed E-state index contributed by atoms with van der Waals surface area (Å²) in [5.41, 5.74) is -3.06. The number of hydrogen-bond donors (Lipinski definition) is 6. The van der Waals surface area contributed by atoms with Gasteiger partial charge in [-0.2, -0.15) is 0 Å². The van der Waals surface area contributed by atoms with Crippen LogP contribution in [0.3, 0.4) is 0 Å². The van der Waals surface area contributed by atoms with Gasteiger partial charge in [0.25, 0.3) is 0 Å². The second-order valence-corrected chi connectivity index (χ2v) is 6.66. The van der Waals surface area contributed by atoms with Crippen LogP contribution in [0.1, 0.15) is 0 Å². The summed E-state index contributed by atoms with van der Waals surface area (Å²) in [6.45, 7) is -3.76. The Morgan fingerprint density at radius 3 is 1.03 bits per heavy atom. The van der Waals surface area contributed by atoms with Crippen molar-refractivity contribution >= 4 is 18.3 Å². The van der Waals surface area contributed by atoms with E-state index in [4.69, 9.17) is 15.3 Å². The summed E-state index contributed by atoms with van der Waals surface area (Å²) >= 11 is 0. The highest BCUT2D eigenvalue weighted by Crippen LogP contribution is 1.83. The van der Waals surface area contributed by atoms with E-state index in [0.29, 0.717) is 13.7 Å². The second kappa shape index (κ2) is 16.7. The molecule has 0 aliphatic heterocycles. The Morgan fingerprint density at radius 1 is 0.556 bits per heavy atom. The van der Waals surface area contributed by atoms with Crippen molar-refractivity contribution in [3.05, 3.63) is 31.5 Å². The SMILES string of the molecule is O=C(NCCn1c(=O)n(CCNC(=O)OCCO)c(=O)n(CCNC(=O)OCCO)c1=O)OCCO. The number of aromatic nitrogens is 3. The molecule has 204 valence electrons. The fraction of sp³-hybridized carbons (Fsp3) is 0.667. The molecule has 0 aromatic carbocycles. The smallest absolute Gasteiger partial charge is 0.407 e. The van der Waals surface area contributed by atoms with Gasteiger partial charge in [0.2, 0.25) is 0 Å². The molecule has 3 amide bonds. The van der Waals surface area contributed by atoms with E-state index in [9.17, 15) is 28.8 Å². The van der Waals surface area contributed by atoms with E-state index in [2.05, 4.69) is 30.2 Å². The largest absolute Gasteiger partial charge is 0.447 e. The van der Waals surface area contributed by atoms with Crippen LogP contribution in [-0.2, 0) is 33.8 Å². The maximum absolute atomic E-state index is 12.8. The van der Waals surface area contributed by atoms with Gasteiger partial charge in [-0.3, -0.25) is 0 Å². The molecule has 0 spiro atoms. The lowest BCUT2D eigenvalue weighted by Crippen LogP contribution is -2.56. The molecule has 0 aliphatic rings. The van der Waals surface area contributed by atoms with Crippen LogP contribution in [0.5, 0.6) is 0 Å². The summed E-state index contributed by atoms with van der Waals surface area (Å²) in [6.07, 6.45) is -2.70. The standard InChI is InChI=1S/C18H30N6O12/c25-7-10-34-13(28)19-1-4-22-16(31)23(5-2-20-14(29)35-11-8-26)18(33)24(17(22)32)6-3-21-15(30)36-12-9-27/h25-27H,1-12H2,(H,19,28)(H,20,29)(H,21,30). The molecule has 1 heterocycles. The van der Waals surface area contributed by atoms with Gasteiger partial charge in [-0.15, -0.1) is 0 Å². The first kappa shape index (κ1) is 30.1. The molecule has 0 radical (unpaired) electrons. The van der Waals surface area contributed by atoms with Crippen molar-refractivity contribution in [2.24, 2.45) is 0 Å². The number of nitrogens with zero attached hydrogens (tertiary/aromatic N) is 3. The number of amides is 3. The maximum Gasteiger partial charge on any atom is 0.407 e. The Bertz CT molecular complexity index is 874. The van der Waals surface area contributed by atoms with Crippen LogP contribution in [0.25, 0.3) is 0 Å². The molecule has 0 atom stereocenters. The Labute approximate surface area is 203 Å². The van der Waals surface area contributed by atoms with E-state index < -0.39 is 55.2 Å². The molecule has 0 saturated heterocycles. The minimum absolute atomic E-state index is 0.241.